The van der Waals surface area contributed by atoms with Gasteiger partial charge in [0.1, 0.15) is 42.4 Å². The highest BCUT2D eigenvalue weighted by Crippen LogP contribution is 2.61. The van der Waals surface area contributed by atoms with Crippen LogP contribution >= 0.6 is 7.75 Å². The normalized spacial score (nSPS) is 24.6. The zero-order valence-electron chi connectivity index (χ0n) is 23.3. The number of fused-ring (bicyclic) bond motifs is 2. The first kappa shape index (κ1) is 29.0. The van der Waals surface area contributed by atoms with Gasteiger partial charge in [-0.25, -0.2) is 9.36 Å². The number of aromatic amines is 1. The molecular weight excluding hydrogens is 577 g/mol. The van der Waals surface area contributed by atoms with Crippen LogP contribution in [-0.4, -0.2) is 44.5 Å². The predicted molar refractivity (Wildman–Crippen MR) is 155 cm³/mol. The van der Waals surface area contributed by atoms with Crippen LogP contribution in [0.5, 0.6) is 5.75 Å². The zero-order valence-corrected chi connectivity index (χ0v) is 24.2. The number of aliphatic hydroxyl groups is 1. The molecule has 0 radical (unpaired) electrons. The summed E-state index contributed by atoms with van der Waals surface area (Å²) in [5.74, 6) is -0.446. The van der Waals surface area contributed by atoms with E-state index in [0.29, 0.717) is 10.9 Å². The molecule has 1 aromatic heterocycles. The maximum atomic E-state index is 14.3. The molecule has 13 heteroatoms. The number of hydrogen-bond acceptors (Lipinski definition) is 9. The smallest absolute Gasteiger partial charge is 0.459 e. The Balaban J connectivity index is 1.21. The van der Waals surface area contributed by atoms with E-state index in [4.69, 9.17) is 18.5 Å². The lowest BCUT2D eigenvalue weighted by Crippen LogP contribution is -2.37. The Hall–Kier alpha value is -4.06. The van der Waals surface area contributed by atoms with Gasteiger partial charge in [0.05, 0.1) is 0 Å². The number of aryl methyl sites for hydroxylation is 1. The third-order valence-electron chi connectivity index (χ3n) is 7.56. The molecule has 4 aromatic rings. The number of H-pyrrole nitrogens is 1. The number of benzene rings is 3. The SMILES string of the molecule is Cc1cn([C@H]2CC3(O)C(OP(=O)(N[C@@H](C)C(=O)OCc4ccccc4)Oc4cccc5ccccc45)[C@H]3O2)c(=O)[nH]c1=O. The maximum absolute atomic E-state index is 14.3. The largest absolute Gasteiger partial charge is 0.460 e. The molecule has 1 aliphatic heterocycles. The maximum Gasteiger partial charge on any atom is 0.459 e. The first-order valence-electron chi connectivity index (χ1n) is 13.7. The molecule has 0 bridgehead atoms. The fourth-order valence-electron chi connectivity index (χ4n) is 5.16. The van der Waals surface area contributed by atoms with Crippen LogP contribution in [0.4, 0.5) is 0 Å². The summed E-state index contributed by atoms with van der Waals surface area (Å²) in [5.41, 5.74) is -1.71. The van der Waals surface area contributed by atoms with E-state index in [2.05, 4.69) is 10.1 Å². The summed E-state index contributed by atoms with van der Waals surface area (Å²) in [6, 6.07) is 20.5. The topological polar surface area (TPSA) is 158 Å². The number of carbonyl (C=O) groups excluding carboxylic acids is 1. The van der Waals surface area contributed by atoms with Crippen molar-refractivity contribution in [1.82, 2.24) is 14.6 Å². The van der Waals surface area contributed by atoms with Gasteiger partial charge >= 0.3 is 19.4 Å². The Morgan fingerprint density at radius 2 is 1.86 bits per heavy atom. The second-order valence-electron chi connectivity index (χ2n) is 10.7. The van der Waals surface area contributed by atoms with Crippen molar-refractivity contribution in [3.05, 3.63) is 111 Å². The van der Waals surface area contributed by atoms with Crippen molar-refractivity contribution in [3.63, 3.8) is 0 Å². The van der Waals surface area contributed by atoms with E-state index < -0.39 is 55.0 Å². The summed E-state index contributed by atoms with van der Waals surface area (Å²) in [4.78, 5) is 39.2. The van der Waals surface area contributed by atoms with E-state index in [-0.39, 0.29) is 18.8 Å². The molecule has 3 aromatic carbocycles. The van der Waals surface area contributed by atoms with Crippen molar-refractivity contribution < 1.29 is 33.0 Å². The minimum atomic E-state index is -4.36. The summed E-state index contributed by atoms with van der Waals surface area (Å²) in [5, 5.41) is 15.4. The van der Waals surface area contributed by atoms with Crippen molar-refractivity contribution in [2.24, 2.45) is 0 Å². The molecule has 43 heavy (non-hydrogen) atoms. The van der Waals surface area contributed by atoms with Crippen molar-refractivity contribution in [3.8, 4) is 5.75 Å². The highest BCUT2D eigenvalue weighted by Gasteiger charge is 2.74. The fraction of sp³-hybridized carbons (Fsp3) is 0.300. The Morgan fingerprint density at radius 3 is 2.60 bits per heavy atom. The molecule has 1 saturated heterocycles. The van der Waals surface area contributed by atoms with E-state index >= 15 is 0 Å². The zero-order chi connectivity index (χ0) is 30.4. The summed E-state index contributed by atoms with van der Waals surface area (Å²) in [6.07, 6.45) is -1.63. The van der Waals surface area contributed by atoms with Crippen molar-refractivity contribution >= 4 is 24.5 Å². The third-order valence-corrected chi connectivity index (χ3v) is 9.21. The van der Waals surface area contributed by atoms with E-state index in [1.54, 1.807) is 31.2 Å². The van der Waals surface area contributed by atoms with Crippen LogP contribution in [0, 0.1) is 6.92 Å². The minimum absolute atomic E-state index is 0.0182. The summed E-state index contributed by atoms with van der Waals surface area (Å²) >= 11 is 0. The number of carbonyl (C=O) groups is 1. The Bertz CT molecular complexity index is 1840. The number of nitrogens with zero attached hydrogens (tertiary/aromatic N) is 1. The predicted octanol–water partition coefficient (Wildman–Crippen LogP) is 3.32. The van der Waals surface area contributed by atoms with Gasteiger partial charge in [0.15, 0.2) is 0 Å². The van der Waals surface area contributed by atoms with E-state index in [1.807, 2.05) is 48.5 Å². The Labute approximate surface area is 245 Å². The van der Waals surface area contributed by atoms with Crippen LogP contribution in [0.25, 0.3) is 10.8 Å². The molecule has 3 N–H and O–H groups in total. The molecule has 2 fully saturated rings. The van der Waals surface area contributed by atoms with Crippen LogP contribution in [-0.2, 0) is 30.0 Å². The molecule has 1 saturated carbocycles. The molecule has 3 unspecified atom stereocenters. The fourth-order valence-corrected chi connectivity index (χ4v) is 6.91. The van der Waals surface area contributed by atoms with Gasteiger partial charge < -0.3 is 19.1 Å². The summed E-state index contributed by atoms with van der Waals surface area (Å²) in [7, 11) is -4.36. The Morgan fingerprint density at radius 1 is 1.14 bits per heavy atom. The number of rotatable bonds is 10. The lowest BCUT2D eigenvalue weighted by Gasteiger charge is -2.25. The molecule has 0 spiro atoms. The van der Waals surface area contributed by atoms with Gasteiger partial charge in [0, 0.05) is 23.6 Å². The van der Waals surface area contributed by atoms with Crippen molar-refractivity contribution in [2.75, 3.05) is 0 Å². The number of esters is 1. The first-order chi connectivity index (χ1) is 20.6. The van der Waals surface area contributed by atoms with Crippen LogP contribution in [0.3, 0.4) is 0 Å². The number of hydrogen-bond donors (Lipinski definition) is 3. The third kappa shape index (κ3) is 5.80. The van der Waals surface area contributed by atoms with Gasteiger partial charge in [-0.3, -0.25) is 23.7 Å². The van der Waals surface area contributed by atoms with Gasteiger partial charge in [-0.05, 0) is 30.9 Å². The molecule has 2 heterocycles. The molecule has 6 atom stereocenters. The van der Waals surface area contributed by atoms with Crippen molar-refractivity contribution in [2.45, 2.75) is 57.0 Å². The van der Waals surface area contributed by atoms with Crippen LogP contribution in [0.2, 0.25) is 0 Å². The second-order valence-corrected chi connectivity index (χ2v) is 12.4. The van der Waals surface area contributed by atoms with Gasteiger partial charge in [-0.15, -0.1) is 0 Å². The lowest BCUT2D eigenvalue weighted by atomic mass is 10.1. The monoisotopic (exact) mass is 607 g/mol. The van der Waals surface area contributed by atoms with Gasteiger partial charge in [0.25, 0.3) is 5.56 Å². The van der Waals surface area contributed by atoms with Gasteiger partial charge in [0.2, 0.25) is 0 Å². The van der Waals surface area contributed by atoms with E-state index in [1.165, 1.54) is 17.7 Å². The molecule has 6 rings (SSSR count). The average molecular weight is 608 g/mol. The Kier molecular flexibility index (Phi) is 7.57. The molecule has 2 aliphatic rings. The molecule has 224 valence electrons. The quantitative estimate of drug-likeness (QED) is 0.180. The number of aromatic nitrogens is 2. The molecule has 1 aliphatic carbocycles. The van der Waals surface area contributed by atoms with Gasteiger partial charge in [-0.2, -0.15) is 5.09 Å². The molecule has 0 amide bonds. The van der Waals surface area contributed by atoms with Gasteiger partial charge in [-0.1, -0.05) is 66.7 Å². The molecule has 12 nitrogen and oxygen atoms in total. The summed E-state index contributed by atoms with van der Waals surface area (Å²) < 4.78 is 38.7. The molecular formula is C30H30N3O9P. The van der Waals surface area contributed by atoms with Crippen LogP contribution < -0.4 is 20.9 Å². The van der Waals surface area contributed by atoms with Crippen LogP contribution in [0.15, 0.2) is 88.6 Å². The number of ether oxygens (including phenoxy) is 2. The highest BCUT2D eigenvalue weighted by molar-refractivity contribution is 7.52. The van der Waals surface area contributed by atoms with E-state index in [9.17, 15) is 24.1 Å². The first-order valence-corrected chi connectivity index (χ1v) is 15.2. The average Bonchev–Trinajstić information content (AvgIpc) is 3.32. The minimum Gasteiger partial charge on any atom is -0.460 e. The number of nitrogens with one attached hydrogen (secondary N) is 2. The second kappa shape index (κ2) is 11.2. The van der Waals surface area contributed by atoms with Crippen LogP contribution in [0.1, 0.15) is 30.7 Å². The van der Waals surface area contributed by atoms with E-state index in [0.717, 1.165) is 10.9 Å². The summed E-state index contributed by atoms with van der Waals surface area (Å²) in [6.45, 7) is 3.03. The highest BCUT2D eigenvalue weighted by atomic mass is 31.2. The van der Waals surface area contributed by atoms with Crippen molar-refractivity contribution in [1.29, 1.82) is 0 Å². The lowest BCUT2D eigenvalue weighted by molar-refractivity contribution is -0.146. The standard InChI is InChI=1S/C30H30N3O9P/c1-18-16-33(29(36)31-27(18)34)24-15-30(37)25(40-24)26(30)42-43(38,41-23-14-8-12-21-11-6-7-13-22(21)23)32-19(2)28(35)39-17-20-9-4-3-5-10-20/h3-14,16,19,24-26,37H,15,17H2,1-2H3,(H,32,38)(H,31,34,36)/t19-,24+,25+,26?,30?,43?/m0/s1.